The molecule has 1 aromatic carbocycles. The molecule has 2 saturated carbocycles. The van der Waals surface area contributed by atoms with Crippen molar-refractivity contribution in [1.82, 2.24) is 0 Å². The minimum absolute atomic E-state index is 0.0360. The fourth-order valence-electron chi connectivity index (χ4n) is 5.34. The fraction of sp³-hybridized carbons (Fsp3) is 0.645. The van der Waals surface area contributed by atoms with E-state index in [0.29, 0.717) is 11.5 Å². The Kier molecular flexibility index (Phi) is 11.1. The van der Waals surface area contributed by atoms with Gasteiger partial charge in [0.25, 0.3) is 0 Å². The lowest BCUT2D eigenvalue weighted by atomic mass is 9.79. The maximum absolute atomic E-state index is 12.5. The van der Waals surface area contributed by atoms with Crippen LogP contribution in [0.3, 0.4) is 0 Å². The van der Waals surface area contributed by atoms with Gasteiger partial charge in [0.15, 0.2) is 0 Å². The van der Waals surface area contributed by atoms with E-state index in [1.165, 1.54) is 56.9 Å². The molecule has 0 amide bonds. The van der Waals surface area contributed by atoms with E-state index in [0.717, 1.165) is 50.4 Å². The molecular formula is C31H44O2. The van der Waals surface area contributed by atoms with Crippen molar-refractivity contribution in [3.63, 3.8) is 0 Å². The van der Waals surface area contributed by atoms with Gasteiger partial charge in [0.1, 0.15) is 6.10 Å². The van der Waals surface area contributed by atoms with Crippen LogP contribution in [0.2, 0.25) is 0 Å². The van der Waals surface area contributed by atoms with Crippen molar-refractivity contribution in [2.75, 3.05) is 0 Å². The highest BCUT2D eigenvalue weighted by Crippen LogP contribution is 2.32. The molecule has 0 heterocycles. The molecule has 0 saturated heterocycles. The molecule has 2 nitrogen and oxygen atoms in total. The van der Waals surface area contributed by atoms with E-state index in [-0.39, 0.29) is 12.1 Å². The normalized spacial score (nSPS) is 25.4. The first kappa shape index (κ1) is 25.6. The highest BCUT2D eigenvalue weighted by molar-refractivity contribution is 5.89. The molecule has 2 heteroatoms. The summed E-state index contributed by atoms with van der Waals surface area (Å²) in [4.78, 5) is 12.5. The van der Waals surface area contributed by atoms with Gasteiger partial charge in [0, 0.05) is 5.92 Å². The number of hydrogen-bond donors (Lipinski definition) is 0. The predicted octanol–water partition coefficient (Wildman–Crippen LogP) is 8.30. The maximum atomic E-state index is 12.5. The highest BCUT2D eigenvalue weighted by atomic mass is 16.5. The number of hydrogen-bond acceptors (Lipinski definition) is 2. The molecule has 3 rings (SSSR count). The molecule has 2 aliphatic rings. The molecule has 0 radical (unpaired) electrons. The largest absolute Gasteiger partial charge is 0.459 e. The minimum atomic E-state index is -0.185. The molecule has 0 N–H and O–H groups in total. The Morgan fingerprint density at radius 1 is 0.939 bits per heavy atom. The summed E-state index contributed by atoms with van der Waals surface area (Å²) in [6.45, 7) is 4.46. The number of esters is 1. The summed E-state index contributed by atoms with van der Waals surface area (Å²) in [5.74, 6) is 8.72. The van der Waals surface area contributed by atoms with Crippen LogP contribution in [-0.2, 0) is 11.2 Å². The summed E-state index contributed by atoms with van der Waals surface area (Å²) in [7, 11) is 0. The summed E-state index contributed by atoms with van der Waals surface area (Å²) < 4.78 is 5.77. The molecule has 2 aliphatic carbocycles. The first-order valence-corrected chi connectivity index (χ1v) is 13.7. The van der Waals surface area contributed by atoms with E-state index in [4.69, 9.17) is 4.74 Å². The highest BCUT2D eigenvalue weighted by Gasteiger charge is 2.23. The van der Waals surface area contributed by atoms with Gasteiger partial charge in [0.2, 0.25) is 0 Å². The predicted molar refractivity (Wildman–Crippen MR) is 138 cm³/mol. The van der Waals surface area contributed by atoms with E-state index in [1.54, 1.807) is 0 Å². The van der Waals surface area contributed by atoms with E-state index in [1.807, 2.05) is 24.3 Å². The van der Waals surface area contributed by atoms with Crippen molar-refractivity contribution in [3.05, 3.63) is 47.5 Å². The van der Waals surface area contributed by atoms with Gasteiger partial charge in [-0.2, -0.15) is 0 Å². The van der Waals surface area contributed by atoms with Gasteiger partial charge in [-0.25, -0.2) is 4.79 Å². The third-order valence-corrected chi connectivity index (χ3v) is 7.52. The number of unbranched alkanes of at least 4 members (excludes halogenated alkanes) is 2. The quantitative estimate of drug-likeness (QED) is 0.216. The summed E-state index contributed by atoms with van der Waals surface area (Å²) in [6.07, 6.45) is 21.6. The number of allylic oxidation sites excluding steroid dienone is 2. The van der Waals surface area contributed by atoms with Gasteiger partial charge >= 0.3 is 5.97 Å². The summed E-state index contributed by atoms with van der Waals surface area (Å²) >= 11 is 0. The molecule has 0 spiro atoms. The Balaban J connectivity index is 1.32. The lowest BCUT2D eigenvalue weighted by Gasteiger charge is -2.26. The smallest absolute Gasteiger partial charge is 0.338 e. The Hall–Kier alpha value is -2.01. The first-order chi connectivity index (χ1) is 16.2. The lowest BCUT2D eigenvalue weighted by Crippen LogP contribution is -2.24. The van der Waals surface area contributed by atoms with Crippen molar-refractivity contribution in [2.24, 2.45) is 17.8 Å². The molecule has 1 aromatic rings. The van der Waals surface area contributed by atoms with E-state index >= 15 is 0 Å². The molecule has 0 atom stereocenters. The summed E-state index contributed by atoms with van der Waals surface area (Å²) in [5, 5.41) is 0. The van der Waals surface area contributed by atoms with Crippen LogP contribution >= 0.6 is 0 Å². The van der Waals surface area contributed by atoms with Crippen molar-refractivity contribution in [1.29, 1.82) is 0 Å². The van der Waals surface area contributed by atoms with Gasteiger partial charge in [-0.15, -0.1) is 0 Å². The number of carbonyl (C=O) groups is 1. The standard InChI is InChI=1S/C31H44O2/c1-3-5-6-10-26-13-15-27(16-14-26)11-7-8-12-28-19-23-30(24-20-28)33-31(32)29-21-17-25(9-4-2)18-22-29/h7,11,17-18,21-22,26-28,30H,3-6,9-10,13-16,19-20,23-24H2,1-2H3/b11-7+. The van der Waals surface area contributed by atoms with Crippen LogP contribution in [0.5, 0.6) is 0 Å². The van der Waals surface area contributed by atoms with Crippen LogP contribution in [-0.4, -0.2) is 12.1 Å². The Labute approximate surface area is 202 Å². The maximum Gasteiger partial charge on any atom is 0.338 e. The lowest BCUT2D eigenvalue weighted by molar-refractivity contribution is 0.0188. The molecular weight excluding hydrogens is 404 g/mol. The number of rotatable bonds is 9. The van der Waals surface area contributed by atoms with Crippen LogP contribution < -0.4 is 0 Å². The molecule has 0 unspecified atom stereocenters. The molecule has 0 aromatic heterocycles. The second-order valence-corrected chi connectivity index (χ2v) is 10.3. The number of aryl methyl sites for hydroxylation is 1. The van der Waals surface area contributed by atoms with Crippen LogP contribution in [0.15, 0.2) is 36.4 Å². The van der Waals surface area contributed by atoms with E-state index in [9.17, 15) is 4.79 Å². The third kappa shape index (κ3) is 9.04. The van der Waals surface area contributed by atoms with Crippen molar-refractivity contribution in [2.45, 2.75) is 110 Å². The Bertz CT molecular complexity index is 778. The fourth-order valence-corrected chi connectivity index (χ4v) is 5.34. The van der Waals surface area contributed by atoms with Crippen molar-refractivity contribution in [3.8, 4) is 11.8 Å². The Morgan fingerprint density at radius 2 is 1.67 bits per heavy atom. The van der Waals surface area contributed by atoms with Crippen LogP contribution in [0.4, 0.5) is 0 Å². The third-order valence-electron chi connectivity index (χ3n) is 7.52. The second-order valence-electron chi connectivity index (χ2n) is 10.3. The Morgan fingerprint density at radius 3 is 2.33 bits per heavy atom. The van der Waals surface area contributed by atoms with Gasteiger partial charge in [-0.05, 0) is 93.4 Å². The van der Waals surface area contributed by atoms with Gasteiger partial charge in [-0.1, -0.05) is 76.0 Å². The van der Waals surface area contributed by atoms with E-state index in [2.05, 4.69) is 37.8 Å². The van der Waals surface area contributed by atoms with Gasteiger partial charge < -0.3 is 4.74 Å². The molecule has 2 fully saturated rings. The molecule has 0 aliphatic heterocycles. The topological polar surface area (TPSA) is 26.3 Å². The van der Waals surface area contributed by atoms with Crippen LogP contribution in [0.1, 0.15) is 113 Å². The second kappa shape index (κ2) is 14.3. The van der Waals surface area contributed by atoms with Crippen LogP contribution in [0.25, 0.3) is 0 Å². The molecule has 33 heavy (non-hydrogen) atoms. The molecule has 180 valence electrons. The minimum Gasteiger partial charge on any atom is -0.459 e. The summed E-state index contributed by atoms with van der Waals surface area (Å²) in [6, 6.07) is 7.88. The van der Waals surface area contributed by atoms with Crippen LogP contribution in [0, 0.1) is 29.6 Å². The SMILES string of the molecule is CCCCCC1CCC(/C=C/C#CC2CCC(OC(=O)c3ccc(CCC)cc3)CC2)CC1. The van der Waals surface area contributed by atoms with Crippen molar-refractivity contribution >= 4 is 5.97 Å². The summed E-state index contributed by atoms with van der Waals surface area (Å²) in [5.41, 5.74) is 1.94. The first-order valence-electron chi connectivity index (χ1n) is 13.7. The van der Waals surface area contributed by atoms with Gasteiger partial charge in [-0.3, -0.25) is 0 Å². The average molecular weight is 449 g/mol. The van der Waals surface area contributed by atoms with Gasteiger partial charge in [0.05, 0.1) is 5.56 Å². The zero-order chi connectivity index (χ0) is 23.3. The van der Waals surface area contributed by atoms with Crippen molar-refractivity contribution < 1.29 is 9.53 Å². The monoisotopic (exact) mass is 448 g/mol. The number of benzene rings is 1. The zero-order valence-electron chi connectivity index (χ0n) is 21.0. The molecule has 0 bridgehead atoms. The average Bonchev–Trinajstić information content (AvgIpc) is 2.84. The number of carbonyl (C=O) groups excluding carboxylic acids is 1. The van der Waals surface area contributed by atoms with E-state index < -0.39 is 0 Å². The zero-order valence-corrected chi connectivity index (χ0v) is 21.0. The number of ether oxygens (including phenoxy) is 1.